The van der Waals surface area contributed by atoms with Crippen LogP contribution in [0.5, 0.6) is 0 Å². The minimum Gasteiger partial charge on any atom is -0.299 e. The van der Waals surface area contributed by atoms with E-state index in [1.807, 2.05) is 26.0 Å². The first kappa shape index (κ1) is 19.4. The van der Waals surface area contributed by atoms with E-state index in [-0.39, 0.29) is 5.75 Å². The van der Waals surface area contributed by atoms with Crippen molar-refractivity contribution in [3.05, 3.63) is 35.4 Å². The van der Waals surface area contributed by atoms with E-state index in [0.717, 1.165) is 31.1 Å². The van der Waals surface area contributed by atoms with Gasteiger partial charge in [-0.1, -0.05) is 45.0 Å². The van der Waals surface area contributed by atoms with Gasteiger partial charge in [0.05, 0.1) is 5.75 Å². The molecule has 4 nitrogen and oxygen atoms in total. The van der Waals surface area contributed by atoms with Crippen molar-refractivity contribution in [3.63, 3.8) is 0 Å². The number of hydrogen-bond donors (Lipinski definition) is 1. The van der Waals surface area contributed by atoms with Crippen molar-refractivity contribution in [2.45, 2.75) is 53.1 Å². The normalized spacial score (nSPS) is 17.5. The molecular formula is C19H32N2O2S. The average molecular weight is 353 g/mol. The van der Waals surface area contributed by atoms with Gasteiger partial charge < -0.3 is 0 Å². The van der Waals surface area contributed by atoms with Crippen LogP contribution in [0.15, 0.2) is 24.3 Å². The third kappa shape index (κ3) is 6.91. The second-order valence-electron chi connectivity index (χ2n) is 7.60. The monoisotopic (exact) mass is 352 g/mol. The Kier molecular flexibility index (Phi) is 7.26. The summed E-state index contributed by atoms with van der Waals surface area (Å²) < 4.78 is 26.8. The van der Waals surface area contributed by atoms with E-state index < -0.39 is 10.0 Å². The van der Waals surface area contributed by atoms with Crippen LogP contribution in [0, 0.1) is 11.8 Å². The number of piperidine rings is 1. The maximum atomic E-state index is 12.0. The van der Waals surface area contributed by atoms with Crippen LogP contribution in [0.2, 0.25) is 0 Å². The molecule has 1 saturated heterocycles. The van der Waals surface area contributed by atoms with E-state index in [1.54, 1.807) is 0 Å². The summed E-state index contributed by atoms with van der Waals surface area (Å²) in [5.74, 6) is 1.45. The lowest BCUT2D eigenvalue weighted by Crippen LogP contribution is -2.32. The van der Waals surface area contributed by atoms with Gasteiger partial charge in [0.1, 0.15) is 0 Å². The largest absolute Gasteiger partial charge is 0.299 e. The molecule has 0 atom stereocenters. The molecule has 0 saturated carbocycles. The van der Waals surface area contributed by atoms with Crippen molar-refractivity contribution >= 4 is 10.0 Å². The number of nitrogens with one attached hydrogen (secondary N) is 1. The fourth-order valence-corrected chi connectivity index (χ4v) is 4.29. The second kappa shape index (κ2) is 8.97. The molecule has 5 heteroatoms. The zero-order valence-corrected chi connectivity index (χ0v) is 16.1. The average Bonchev–Trinajstić information content (AvgIpc) is 2.54. The molecule has 136 valence electrons. The molecule has 0 aromatic heterocycles. The molecule has 0 amide bonds. The van der Waals surface area contributed by atoms with Gasteiger partial charge in [-0.05, 0) is 55.3 Å². The lowest BCUT2D eigenvalue weighted by Gasteiger charge is -2.30. The Morgan fingerprint density at radius 3 is 2.54 bits per heavy atom. The maximum Gasteiger partial charge on any atom is 0.211 e. The van der Waals surface area contributed by atoms with E-state index in [4.69, 9.17) is 0 Å². The van der Waals surface area contributed by atoms with Crippen LogP contribution in [0.25, 0.3) is 0 Å². The van der Waals surface area contributed by atoms with Gasteiger partial charge in [-0.25, -0.2) is 13.1 Å². The zero-order chi connectivity index (χ0) is 17.6. The van der Waals surface area contributed by atoms with Gasteiger partial charge in [0, 0.05) is 13.1 Å². The summed E-state index contributed by atoms with van der Waals surface area (Å²) in [5.41, 5.74) is 2.30. The van der Waals surface area contributed by atoms with Crippen LogP contribution >= 0.6 is 0 Å². The van der Waals surface area contributed by atoms with Crippen LogP contribution in [0.3, 0.4) is 0 Å². The summed E-state index contributed by atoms with van der Waals surface area (Å²) >= 11 is 0. The number of nitrogens with zero attached hydrogens (tertiary/aromatic N) is 1. The summed E-state index contributed by atoms with van der Waals surface area (Å²) in [6.45, 7) is 10.1. The lowest BCUT2D eigenvalue weighted by atomic mass is 9.98. The lowest BCUT2D eigenvalue weighted by molar-refractivity contribution is 0.185. The quantitative estimate of drug-likeness (QED) is 0.780. The molecule has 1 aromatic carbocycles. The van der Waals surface area contributed by atoms with Gasteiger partial charge in [-0.3, -0.25) is 4.90 Å². The smallest absolute Gasteiger partial charge is 0.211 e. The van der Waals surface area contributed by atoms with E-state index in [1.165, 1.54) is 18.4 Å². The fourth-order valence-electron chi connectivity index (χ4n) is 2.97. The van der Waals surface area contributed by atoms with Crippen molar-refractivity contribution in [2.24, 2.45) is 11.8 Å². The van der Waals surface area contributed by atoms with Gasteiger partial charge in [0.25, 0.3) is 0 Å². The van der Waals surface area contributed by atoms with Crippen molar-refractivity contribution in [1.29, 1.82) is 0 Å². The highest BCUT2D eigenvalue weighted by Gasteiger charge is 2.16. The first-order valence-corrected chi connectivity index (χ1v) is 10.8. The molecule has 1 fully saturated rings. The van der Waals surface area contributed by atoms with Crippen molar-refractivity contribution in [1.82, 2.24) is 9.62 Å². The Balaban J connectivity index is 1.86. The first-order valence-electron chi connectivity index (χ1n) is 9.11. The third-order valence-corrected chi connectivity index (χ3v) is 6.09. The highest BCUT2D eigenvalue weighted by Crippen LogP contribution is 2.18. The Labute approximate surface area is 147 Å². The van der Waals surface area contributed by atoms with Crippen molar-refractivity contribution in [3.8, 4) is 0 Å². The molecule has 1 N–H and O–H groups in total. The summed E-state index contributed by atoms with van der Waals surface area (Å²) in [4.78, 5) is 2.49. The summed E-state index contributed by atoms with van der Waals surface area (Å²) in [7, 11) is -3.18. The minimum absolute atomic E-state index is 0.205. The number of rotatable bonds is 8. The predicted molar refractivity (Wildman–Crippen MR) is 100 cm³/mol. The summed E-state index contributed by atoms with van der Waals surface area (Å²) in [6, 6.07) is 8.28. The van der Waals surface area contributed by atoms with Crippen LogP contribution in [-0.4, -0.2) is 32.2 Å². The van der Waals surface area contributed by atoms with Crippen LogP contribution in [0.1, 0.15) is 51.2 Å². The zero-order valence-electron chi connectivity index (χ0n) is 15.3. The highest BCUT2D eigenvalue weighted by molar-refractivity contribution is 7.89. The van der Waals surface area contributed by atoms with E-state index in [9.17, 15) is 8.42 Å². The van der Waals surface area contributed by atoms with Gasteiger partial charge in [0.15, 0.2) is 0 Å². The van der Waals surface area contributed by atoms with Crippen molar-refractivity contribution in [2.75, 3.05) is 18.8 Å². The summed E-state index contributed by atoms with van der Waals surface area (Å²) in [5, 5.41) is 0. The van der Waals surface area contributed by atoms with Crippen LogP contribution < -0.4 is 4.72 Å². The minimum atomic E-state index is -3.18. The van der Waals surface area contributed by atoms with Crippen LogP contribution in [0.4, 0.5) is 0 Å². The molecule has 1 aromatic rings. The summed E-state index contributed by atoms with van der Waals surface area (Å²) in [6.07, 6.45) is 3.24. The molecule has 0 bridgehead atoms. The SMILES string of the molecule is CC(C)CCS(=O)(=O)NCc1cccc(CN2CCC(C)CC2)c1. The topological polar surface area (TPSA) is 49.4 Å². The van der Waals surface area contributed by atoms with Crippen molar-refractivity contribution < 1.29 is 8.42 Å². The maximum absolute atomic E-state index is 12.0. The number of hydrogen-bond acceptors (Lipinski definition) is 3. The van der Waals surface area contributed by atoms with Crippen LogP contribution in [-0.2, 0) is 23.1 Å². The molecule has 1 aliphatic rings. The van der Waals surface area contributed by atoms with Gasteiger partial charge >= 0.3 is 0 Å². The fraction of sp³-hybridized carbons (Fsp3) is 0.684. The number of likely N-dealkylation sites (tertiary alicyclic amines) is 1. The third-order valence-electron chi connectivity index (χ3n) is 4.73. The Morgan fingerprint density at radius 2 is 1.88 bits per heavy atom. The second-order valence-corrected chi connectivity index (χ2v) is 9.53. The highest BCUT2D eigenvalue weighted by atomic mass is 32.2. The standard InChI is InChI=1S/C19H32N2O2S/c1-16(2)9-12-24(22,23)20-14-18-5-4-6-19(13-18)15-21-10-7-17(3)8-11-21/h4-6,13,16-17,20H,7-12,14-15H2,1-3H3. The predicted octanol–water partition coefficient (Wildman–Crippen LogP) is 3.38. The molecule has 0 spiro atoms. The molecular weight excluding hydrogens is 320 g/mol. The molecule has 0 radical (unpaired) electrons. The molecule has 24 heavy (non-hydrogen) atoms. The Hall–Kier alpha value is -0.910. The van der Waals surface area contributed by atoms with Gasteiger partial charge in [-0.2, -0.15) is 0 Å². The molecule has 0 aliphatic carbocycles. The molecule has 0 unspecified atom stereocenters. The number of sulfonamides is 1. The van der Waals surface area contributed by atoms with Gasteiger partial charge in [-0.15, -0.1) is 0 Å². The molecule has 2 rings (SSSR count). The molecule has 1 heterocycles. The van der Waals surface area contributed by atoms with E-state index in [0.29, 0.717) is 18.9 Å². The van der Waals surface area contributed by atoms with Gasteiger partial charge in [0.2, 0.25) is 10.0 Å². The van der Waals surface area contributed by atoms with E-state index >= 15 is 0 Å². The first-order chi connectivity index (χ1) is 11.3. The number of benzene rings is 1. The Morgan fingerprint density at radius 1 is 1.21 bits per heavy atom. The Bertz CT molecular complexity index is 606. The van der Waals surface area contributed by atoms with E-state index in [2.05, 4.69) is 28.7 Å². The molecule has 1 aliphatic heterocycles.